The molecule has 4 nitrogen and oxygen atoms in total. The highest BCUT2D eigenvalue weighted by Gasteiger charge is 2.36. The van der Waals surface area contributed by atoms with Gasteiger partial charge in [0, 0.05) is 27.4 Å². The molecule has 0 spiro atoms. The first-order valence-electron chi connectivity index (χ1n) is 18.6. The minimum absolute atomic E-state index is 0.870. The lowest BCUT2D eigenvalue weighted by molar-refractivity contribution is 0.122. The van der Waals surface area contributed by atoms with Gasteiger partial charge in [-0.05, 0) is 19.4 Å². The predicted molar refractivity (Wildman–Crippen MR) is 184 cm³/mol. The molecule has 0 aromatic carbocycles. The zero-order valence-corrected chi connectivity index (χ0v) is 29.6. The van der Waals surface area contributed by atoms with Crippen molar-refractivity contribution in [3.63, 3.8) is 0 Å². The van der Waals surface area contributed by atoms with Gasteiger partial charge in [0.25, 0.3) is 0 Å². The van der Waals surface area contributed by atoms with E-state index in [0.717, 1.165) is 19.0 Å². The Hall–Kier alpha value is 0.0569. The number of rotatable bonds is 36. The first-order chi connectivity index (χ1) is 20.2. The summed E-state index contributed by atoms with van der Waals surface area (Å²) in [7, 11) is 2.78. The first kappa shape index (κ1) is 41.1. The number of hydrogen-bond donors (Lipinski definition) is 1. The van der Waals surface area contributed by atoms with E-state index in [2.05, 4.69) is 0 Å². The molecule has 0 aliphatic carbocycles. The lowest BCUT2D eigenvalue weighted by atomic mass is 10.0. The summed E-state index contributed by atoms with van der Waals surface area (Å²) >= 11 is 0. The van der Waals surface area contributed by atoms with E-state index in [4.69, 9.17) is 19.0 Å². The fourth-order valence-corrected chi connectivity index (χ4v) is 7.96. The highest BCUT2D eigenvalue weighted by molar-refractivity contribution is 6.60. The topological polar surface area (TPSA) is 53.7 Å². The summed E-state index contributed by atoms with van der Waals surface area (Å²) in [6.07, 6.45) is 44.1. The van der Waals surface area contributed by atoms with E-state index in [1.54, 1.807) is 21.3 Å². The van der Waals surface area contributed by atoms with Crippen LogP contribution in [0, 0.1) is 0 Å². The van der Waals surface area contributed by atoms with Gasteiger partial charge in [0.05, 0.1) is 0 Å². The van der Waals surface area contributed by atoms with Crippen molar-refractivity contribution in [2.45, 2.75) is 205 Å². The van der Waals surface area contributed by atoms with Gasteiger partial charge in [0.1, 0.15) is 0 Å². The van der Waals surface area contributed by atoms with E-state index in [1.807, 2.05) is 0 Å². The largest absolute Gasteiger partial charge is 0.500 e. The Morgan fingerprint density at radius 1 is 0.293 bits per heavy atom. The molecule has 0 amide bonds. The van der Waals surface area contributed by atoms with Crippen LogP contribution in [0.15, 0.2) is 0 Å². The summed E-state index contributed by atoms with van der Waals surface area (Å²) in [6.45, 7) is 0.870. The third-order valence-corrected chi connectivity index (χ3v) is 12.0. The maximum Gasteiger partial charge on any atom is 0.500 e. The van der Waals surface area contributed by atoms with E-state index in [9.17, 15) is 0 Å². The Kier molecular flexibility index (Phi) is 34.6. The summed E-state index contributed by atoms with van der Waals surface area (Å²) in [4.78, 5) is 0. The van der Waals surface area contributed by atoms with Gasteiger partial charge in [-0.15, -0.1) is 0 Å². The van der Waals surface area contributed by atoms with Crippen molar-refractivity contribution in [1.82, 2.24) is 0 Å². The average Bonchev–Trinajstić information content (AvgIpc) is 3.00. The lowest BCUT2D eigenvalue weighted by Crippen LogP contribution is -2.42. The maximum absolute atomic E-state index is 5.55. The Morgan fingerprint density at radius 2 is 0.463 bits per heavy atom. The molecule has 0 bridgehead atoms. The predicted octanol–water partition coefficient (Wildman–Crippen LogP) is 11.9. The minimum atomic E-state index is -2.34. The summed E-state index contributed by atoms with van der Waals surface area (Å²) in [6, 6.07) is 0.939. The van der Waals surface area contributed by atoms with Crippen LogP contribution >= 0.6 is 0 Å². The van der Waals surface area contributed by atoms with Gasteiger partial charge in [0.2, 0.25) is 0 Å². The van der Waals surface area contributed by atoms with Gasteiger partial charge >= 0.3 is 8.80 Å². The van der Waals surface area contributed by atoms with E-state index in [-0.39, 0.29) is 0 Å². The lowest BCUT2D eigenvalue weighted by Gasteiger charge is -2.24. The zero-order valence-electron chi connectivity index (χ0n) is 28.6. The molecule has 0 radical (unpaired) electrons. The molecule has 0 aliphatic heterocycles. The van der Waals surface area contributed by atoms with Crippen LogP contribution in [0.1, 0.15) is 199 Å². The molecule has 0 rings (SSSR count). The van der Waals surface area contributed by atoms with Crippen molar-refractivity contribution in [3.05, 3.63) is 0 Å². The Bertz CT molecular complexity index is 467. The molecule has 0 heterocycles. The molecule has 0 saturated heterocycles. The molecule has 0 aromatic rings. The Morgan fingerprint density at radius 3 is 0.634 bits per heavy atom. The van der Waals surface area contributed by atoms with Gasteiger partial charge in [-0.3, -0.25) is 0 Å². The van der Waals surface area contributed by atoms with Gasteiger partial charge in [-0.2, -0.15) is 0 Å². The number of hydrogen-bond acceptors (Lipinski definition) is 4. The van der Waals surface area contributed by atoms with Crippen molar-refractivity contribution in [3.8, 4) is 0 Å². The van der Waals surface area contributed by atoms with Crippen LogP contribution in [0.5, 0.6) is 0 Å². The SMILES string of the molecule is CO[Si](CCCCCCCCCCCCCCCCCCCCCCCCCCCCCCCCCN)(OC)OC. The standard InChI is InChI=1S/C36H77NO3Si/c1-38-41(39-2,40-3)36-34-32-30-28-26-24-22-20-18-16-14-12-10-8-6-4-5-7-9-11-13-15-17-19-21-23-25-27-29-31-33-35-37/h4-37H2,1-3H3. The van der Waals surface area contributed by atoms with Crippen LogP contribution in [-0.4, -0.2) is 36.7 Å². The van der Waals surface area contributed by atoms with Crippen LogP contribution in [0.4, 0.5) is 0 Å². The zero-order chi connectivity index (χ0) is 30.0. The molecule has 41 heavy (non-hydrogen) atoms. The molecule has 0 aromatic heterocycles. The average molecular weight is 600 g/mol. The molecule has 0 aliphatic rings. The van der Waals surface area contributed by atoms with Crippen LogP contribution in [0.25, 0.3) is 0 Å². The van der Waals surface area contributed by atoms with E-state index in [0.29, 0.717) is 0 Å². The molecular formula is C36H77NO3Si. The monoisotopic (exact) mass is 600 g/mol. The number of unbranched alkanes of at least 4 members (excludes halogenated alkanes) is 30. The molecule has 0 saturated carbocycles. The van der Waals surface area contributed by atoms with Gasteiger partial charge < -0.3 is 19.0 Å². The maximum atomic E-state index is 5.55. The minimum Gasteiger partial charge on any atom is -0.377 e. The summed E-state index contributed by atoms with van der Waals surface area (Å²) in [5.74, 6) is 0. The third kappa shape index (κ3) is 29.9. The summed E-state index contributed by atoms with van der Waals surface area (Å²) < 4.78 is 16.5. The third-order valence-electron chi connectivity index (χ3n) is 9.12. The second-order valence-electron chi connectivity index (χ2n) is 12.8. The quantitative estimate of drug-likeness (QED) is 0.0575. The number of nitrogens with two attached hydrogens (primary N) is 1. The van der Waals surface area contributed by atoms with Crippen LogP contribution < -0.4 is 5.73 Å². The van der Waals surface area contributed by atoms with Crippen molar-refractivity contribution in [2.75, 3.05) is 27.9 Å². The summed E-state index contributed by atoms with van der Waals surface area (Å²) in [5.41, 5.74) is 5.55. The smallest absolute Gasteiger partial charge is 0.377 e. The highest BCUT2D eigenvalue weighted by atomic mass is 28.4. The summed E-state index contributed by atoms with van der Waals surface area (Å²) in [5, 5.41) is 0. The Labute approximate surface area is 260 Å². The fourth-order valence-electron chi connectivity index (χ4n) is 6.17. The van der Waals surface area contributed by atoms with E-state index >= 15 is 0 Å². The highest BCUT2D eigenvalue weighted by Crippen LogP contribution is 2.19. The molecule has 2 N–H and O–H groups in total. The van der Waals surface area contributed by atoms with Crippen molar-refractivity contribution < 1.29 is 13.3 Å². The van der Waals surface area contributed by atoms with Gasteiger partial charge in [-0.25, -0.2) is 0 Å². The fraction of sp³-hybridized carbons (Fsp3) is 1.00. The normalized spacial score (nSPS) is 12.0. The van der Waals surface area contributed by atoms with Crippen molar-refractivity contribution >= 4 is 8.80 Å². The van der Waals surface area contributed by atoms with Crippen molar-refractivity contribution in [2.24, 2.45) is 5.73 Å². The second kappa shape index (κ2) is 34.5. The second-order valence-corrected chi connectivity index (χ2v) is 15.9. The van der Waals surface area contributed by atoms with E-state index < -0.39 is 8.80 Å². The molecule has 0 atom stereocenters. The van der Waals surface area contributed by atoms with Crippen LogP contribution in [0.3, 0.4) is 0 Å². The van der Waals surface area contributed by atoms with Crippen LogP contribution in [-0.2, 0) is 13.3 Å². The molecule has 5 heteroatoms. The van der Waals surface area contributed by atoms with Gasteiger partial charge in [0.15, 0.2) is 0 Å². The van der Waals surface area contributed by atoms with Crippen LogP contribution in [0.2, 0.25) is 6.04 Å². The molecular weight excluding hydrogens is 522 g/mol. The Balaban J connectivity index is 3.12. The van der Waals surface area contributed by atoms with Gasteiger partial charge in [-0.1, -0.05) is 186 Å². The molecule has 248 valence electrons. The first-order valence-corrected chi connectivity index (χ1v) is 20.5. The molecule has 0 unspecified atom stereocenters. The van der Waals surface area contributed by atoms with E-state index in [1.165, 1.54) is 193 Å². The van der Waals surface area contributed by atoms with Crippen molar-refractivity contribution in [1.29, 1.82) is 0 Å². The molecule has 0 fully saturated rings.